The molecule has 1 saturated heterocycles. The van der Waals surface area contributed by atoms with Crippen LogP contribution in [0.3, 0.4) is 0 Å². The summed E-state index contributed by atoms with van der Waals surface area (Å²) in [6.07, 6.45) is 3.36. The first-order valence-corrected chi connectivity index (χ1v) is 16.4. The van der Waals surface area contributed by atoms with E-state index in [0.29, 0.717) is 0 Å². The van der Waals surface area contributed by atoms with Gasteiger partial charge in [-0.3, -0.25) is 0 Å². The zero-order valence-electron chi connectivity index (χ0n) is 11.0. The molecule has 1 fully saturated rings. The maximum atomic E-state index is 5.90. The van der Waals surface area contributed by atoms with Crippen molar-refractivity contribution in [2.45, 2.75) is 40.4 Å². The van der Waals surface area contributed by atoms with Gasteiger partial charge in [-0.25, -0.2) is 0 Å². The molecule has 1 atom stereocenters. The molecule has 17 heavy (non-hydrogen) atoms. The van der Waals surface area contributed by atoms with Crippen LogP contribution in [0.15, 0.2) is 24.3 Å². The molecule has 0 bridgehead atoms. The SMILES string of the molecule is [CH3][Sn]([CH3])([CH3])[c]1cccc(OC2CCCCO2)c1. The minimum atomic E-state index is -1.97. The average Bonchev–Trinajstić information content (AvgIpc) is 2.29. The van der Waals surface area contributed by atoms with Gasteiger partial charge in [0.15, 0.2) is 0 Å². The van der Waals surface area contributed by atoms with Crippen LogP contribution in [0.4, 0.5) is 0 Å². The zero-order chi connectivity index (χ0) is 12.3. The topological polar surface area (TPSA) is 18.5 Å². The van der Waals surface area contributed by atoms with Crippen molar-refractivity contribution < 1.29 is 9.47 Å². The molecule has 3 heteroatoms. The molecule has 0 amide bonds. The molecular weight excluding hydrogens is 319 g/mol. The first-order chi connectivity index (χ1) is 8.05. The first-order valence-electron chi connectivity index (χ1n) is 6.44. The summed E-state index contributed by atoms with van der Waals surface area (Å²) in [5.74, 6) is 0.973. The third-order valence-corrected chi connectivity index (χ3v) is 8.94. The molecule has 94 valence electrons. The van der Waals surface area contributed by atoms with Crippen LogP contribution in [0.1, 0.15) is 19.3 Å². The van der Waals surface area contributed by atoms with Gasteiger partial charge in [0.25, 0.3) is 0 Å². The van der Waals surface area contributed by atoms with Crippen LogP contribution >= 0.6 is 0 Å². The summed E-state index contributed by atoms with van der Waals surface area (Å²) >= 11 is -1.97. The van der Waals surface area contributed by atoms with Crippen molar-refractivity contribution in [2.24, 2.45) is 0 Å². The van der Waals surface area contributed by atoms with Crippen molar-refractivity contribution in [2.75, 3.05) is 6.61 Å². The molecule has 1 aliphatic rings. The predicted octanol–water partition coefficient (Wildman–Crippen LogP) is 3.14. The van der Waals surface area contributed by atoms with Gasteiger partial charge in [0.2, 0.25) is 0 Å². The molecule has 0 radical (unpaired) electrons. The molecular formula is C14H22O2Sn. The van der Waals surface area contributed by atoms with Crippen LogP contribution in [0.2, 0.25) is 14.8 Å². The molecule has 1 heterocycles. The fourth-order valence-electron chi connectivity index (χ4n) is 1.99. The number of benzene rings is 1. The van der Waals surface area contributed by atoms with Gasteiger partial charge in [-0.15, -0.1) is 0 Å². The van der Waals surface area contributed by atoms with E-state index in [9.17, 15) is 0 Å². The molecule has 0 saturated carbocycles. The van der Waals surface area contributed by atoms with Crippen LogP contribution in [-0.2, 0) is 4.74 Å². The molecule has 0 spiro atoms. The molecule has 0 N–H and O–H groups in total. The van der Waals surface area contributed by atoms with E-state index in [1.165, 1.54) is 16.4 Å². The van der Waals surface area contributed by atoms with E-state index in [4.69, 9.17) is 9.47 Å². The van der Waals surface area contributed by atoms with E-state index < -0.39 is 18.4 Å². The molecule has 1 aromatic rings. The second-order valence-corrected chi connectivity index (χ2v) is 20.2. The van der Waals surface area contributed by atoms with Crippen LogP contribution < -0.4 is 8.32 Å². The Hall–Kier alpha value is -0.221. The second-order valence-electron chi connectivity index (χ2n) is 5.69. The standard InChI is InChI=1S/C11H13O2.3CH3.Sn/c1-2-6-10(7-3-1)13-11-8-4-5-9-12-11;;;;/h1-2,6-7,11H,4-5,8-9H2;3*1H3;. The van der Waals surface area contributed by atoms with Gasteiger partial charge in [-0.05, 0) is 0 Å². The number of rotatable bonds is 3. The summed E-state index contributed by atoms with van der Waals surface area (Å²) in [6, 6.07) is 8.60. The maximum absolute atomic E-state index is 5.90. The van der Waals surface area contributed by atoms with Crippen molar-refractivity contribution in [1.82, 2.24) is 0 Å². The van der Waals surface area contributed by atoms with Gasteiger partial charge < -0.3 is 0 Å². The summed E-state index contributed by atoms with van der Waals surface area (Å²) in [5, 5.41) is 0. The molecule has 1 unspecified atom stereocenters. The quantitative estimate of drug-likeness (QED) is 0.787. The average molecular weight is 341 g/mol. The van der Waals surface area contributed by atoms with Crippen LogP contribution in [-0.4, -0.2) is 31.3 Å². The summed E-state index contributed by atoms with van der Waals surface area (Å²) in [4.78, 5) is 7.26. The Morgan fingerprint density at radius 1 is 1.24 bits per heavy atom. The Kier molecular flexibility index (Phi) is 4.36. The Morgan fingerprint density at radius 2 is 2.06 bits per heavy atom. The Bertz CT molecular complexity index is 365. The fourth-order valence-corrected chi connectivity index (χ4v) is 5.34. The molecule has 0 aliphatic carbocycles. The Labute approximate surface area is 108 Å². The van der Waals surface area contributed by atoms with Crippen molar-refractivity contribution in [3.05, 3.63) is 24.3 Å². The molecule has 2 rings (SSSR count). The number of hydrogen-bond donors (Lipinski definition) is 0. The predicted molar refractivity (Wildman–Crippen MR) is 73.6 cm³/mol. The van der Waals surface area contributed by atoms with Gasteiger partial charge in [0, 0.05) is 0 Å². The van der Waals surface area contributed by atoms with E-state index in [0.717, 1.165) is 18.8 Å². The van der Waals surface area contributed by atoms with E-state index in [1.807, 2.05) is 6.07 Å². The summed E-state index contributed by atoms with van der Waals surface area (Å²) < 4.78 is 13.0. The van der Waals surface area contributed by atoms with E-state index >= 15 is 0 Å². The summed E-state index contributed by atoms with van der Waals surface area (Å²) in [7, 11) is 0. The van der Waals surface area contributed by atoms with Gasteiger partial charge >= 0.3 is 108 Å². The van der Waals surface area contributed by atoms with Gasteiger partial charge in [0.05, 0.1) is 0 Å². The molecule has 1 aliphatic heterocycles. The third kappa shape index (κ3) is 3.88. The van der Waals surface area contributed by atoms with Crippen LogP contribution in [0.25, 0.3) is 0 Å². The van der Waals surface area contributed by atoms with E-state index in [1.54, 1.807) is 0 Å². The van der Waals surface area contributed by atoms with Gasteiger partial charge in [0.1, 0.15) is 0 Å². The molecule has 1 aromatic carbocycles. The Morgan fingerprint density at radius 3 is 2.71 bits per heavy atom. The van der Waals surface area contributed by atoms with Crippen molar-refractivity contribution in [3.63, 3.8) is 0 Å². The Balaban J connectivity index is 2.05. The normalized spacial score (nSPS) is 21.2. The van der Waals surface area contributed by atoms with Crippen LogP contribution in [0.5, 0.6) is 5.75 Å². The van der Waals surface area contributed by atoms with E-state index in [-0.39, 0.29) is 6.29 Å². The monoisotopic (exact) mass is 342 g/mol. The third-order valence-electron chi connectivity index (χ3n) is 3.11. The fraction of sp³-hybridized carbons (Fsp3) is 0.571. The number of hydrogen-bond acceptors (Lipinski definition) is 2. The molecule has 0 aromatic heterocycles. The zero-order valence-corrected chi connectivity index (χ0v) is 13.9. The summed E-state index contributed by atoms with van der Waals surface area (Å²) in [5.41, 5.74) is 0. The first kappa shape index (κ1) is 13.2. The van der Waals surface area contributed by atoms with Crippen molar-refractivity contribution in [1.29, 1.82) is 0 Å². The number of ether oxygens (including phenoxy) is 2. The summed E-state index contributed by atoms with van der Waals surface area (Å²) in [6.45, 7) is 0.836. The van der Waals surface area contributed by atoms with Crippen LogP contribution in [0, 0.1) is 0 Å². The van der Waals surface area contributed by atoms with E-state index in [2.05, 4.69) is 33.0 Å². The van der Waals surface area contributed by atoms with Gasteiger partial charge in [-0.1, -0.05) is 0 Å². The van der Waals surface area contributed by atoms with Crippen molar-refractivity contribution in [3.8, 4) is 5.75 Å². The van der Waals surface area contributed by atoms with Crippen molar-refractivity contribution >= 4 is 22.0 Å². The minimum absolute atomic E-state index is 0.0332. The molecule has 2 nitrogen and oxygen atoms in total. The van der Waals surface area contributed by atoms with Gasteiger partial charge in [-0.2, -0.15) is 0 Å². The second kappa shape index (κ2) is 5.61.